The van der Waals surface area contributed by atoms with E-state index in [1.54, 1.807) is 13.4 Å². The van der Waals surface area contributed by atoms with Crippen LogP contribution in [0.2, 0.25) is 0 Å². The number of hydrogen-bond donors (Lipinski definition) is 0. The molecule has 0 unspecified atom stereocenters. The van der Waals surface area contributed by atoms with E-state index in [1.165, 1.54) is 9.13 Å². The molecule has 0 saturated carbocycles. The first kappa shape index (κ1) is 17.2. The van der Waals surface area contributed by atoms with Gasteiger partial charge in [-0.15, -0.1) is 0 Å². The highest BCUT2D eigenvalue weighted by Gasteiger charge is 2.15. The van der Waals surface area contributed by atoms with Crippen molar-refractivity contribution in [3.63, 3.8) is 0 Å². The normalized spacial score (nSPS) is 11.5. The summed E-state index contributed by atoms with van der Waals surface area (Å²) < 4.78 is 9.76. The number of imidazole rings is 1. The Bertz CT molecular complexity index is 992. The van der Waals surface area contributed by atoms with Crippen molar-refractivity contribution in [2.24, 2.45) is 7.05 Å². The van der Waals surface area contributed by atoms with E-state index in [-0.39, 0.29) is 11.2 Å². The van der Waals surface area contributed by atoms with Crippen LogP contribution in [0.4, 0.5) is 0 Å². The third-order valence-corrected chi connectivity index (χ3v) is 4.30. The molecule has 25 heavy (non-hydrogen) atoms. The van der Waals surface area contributed by atoms with Crippen molar-refractivity contribution in [3.05, 3.63) is 44.7 Å². The molecule has 0 aromatic carbocycles. The maximum Gasteiger partial charge on any atom is 0.332 e. The number of nitrogens with zero attached hydrogens (tertiary/aromatic N) is 5. The van der Waals surface area contributed by atoms with Crippen molar-refractivity contribution in [2.45, 2.75) is 52.6 Å². The first-order valence-electron chi connectivity index (χ1n) is 8.59. The van der Waals surface area contributed by atoms with Crippen molar-refractivity contribution in [2.75, 3.05) is 0 Å². The van der Waals surface area contributed by atoms with Gasteiger partial charge in [-0.05, 0) is 26.2 Å². The molecule has 134 valence electrons. The van der Waals surface area contributed by atoms with Crippen molar-refractivity contribution in [1.82, 2.24) is 23.8 Å². The van der Waals surface area contributed by atoms with E-state index in [1.807, 2.05) is 24.5 Å². The molecular weight excluding hydrogens is 322 g/mol. The van der Waals surface area contributed by atoms with Gasteiger partial charge in [-0.1, -0.05) is 12.1 Å². The molecule has 3 aromatic rings. The summed E-state index contributed by atoms with van der Waals surface area (Å²) in [6.07, 6.45) is 4.79. The van der Waals surface area contributed by atoms with Crippen LogP contribution in [0.25, 0.3) is 11.2 Å². The number of aryl methyl sites for hydroxylation is 4. The molecule has 0 N–H and O–H groups in total. The molecule has 0 aliphatic rings. The van der Waals surface area contributed by atoms with E-state index in [9.17, 15) is 9.59 Å². The molecule has 0 saturated heterocycles. The van der Waals surface area contributed by atoms with Gasteiger partial charge in [-0.3, -0.25) is 13.9 Å². The van der Waals surface area contributed by atoms with Crippen molar-refractivity contribution >= 4 is 11.2 Å². The molecule has 0 spiro atoms. The molecule has 0 aliphatic carbocycles. The average molecular weight is 345 g/mol. The summed E-state index contributed by atoms with van der Waals surface area (Å²) in [4.78, 5) is 29.5. The highest BCUT2D eigenvalue weighted by atomic mass is 16.5. The molecule has 0 atom stereocenters. The summed E-state index contributed by atoms with van der Waals surface area (Å²) in [6, 6.07) is 1.90. The molecule has 3 aromatic heterocycles. The third kappa shape index (κ3) is 3.29. The van der Waals surface area contributed by atoms with Crippen LogP contribution >= 0.6 is 0 Å². The van der Waals surface area contributed by atoms with Gasteiger partial charge in [0.15, 0.2) is 11.2 Å². The Labute approximate surface area is 144 Å². The Kier molecular flexibility index (Phi) is 4.87. The van der Waals surface area contributed by atoms with Crippen LogP contribution in [0.15, 0.2) is 26.5 Å². The van der Waals surface area contributed by atoms with Gasteiger partial charge in [0.05, 0.1) is 12.0 Å². The quantitative estimate of drug-likeness (QED) is 0.607. The fourth-order valence-corrected chi connectivity index (χ4v) is 3.03. The first-order chi connectivity index (χ1) is 12.0. The second kappa shape index (κ2) is 7.08. The van der Waals surface area contributed by atoms with E-state index >= 15 is 0 Å². The lowest BCUT2D eigenvalue weighted by molar-refractivity contribution is 0.374. The van der Waals surface area contributed by atoms with E-state index in [0.29, 0.717) is 30.7 Å². The van der Waals surface area contributed by atoms with Gasteiger partial charge >= 0.3 is 5.69 Å². The maximum absolute atomic E-state index is 12.8. The van der Waals surface area contributed by atoms with Gasteiger partial charge in [0.1, 0.15) is 5.76 Å². The number of hydrogen-bond acceptors (Lipinski definition) is 5. The number of unbranched alkanes of at least 4 members (excludes halogenated alkanes) is 1. The zero-order valence-corrected chi connectivity index (χ0v) is 14.9. The van der Waals surface area contributed by atoms with Crippen LogP contribution in [0, 0.1) is 6.92 Å². The second-order valence-electron chi connectivity index (χ2n) is 6.30. The highest BCUT2D eigenvalue weighted by Crippen LogP contribution is 2.09. The van der Waals surface area contributed by atoms with E-state index < -0.39 is 0 Å². The van der Waals surface area contributed by atoms with Gasteiger partial charge in [-0.25, -0.2) is 9.78 Å². The van der Waals surface area contributed by atoms with Crippen molar-refractivity contribution in [1.29, 1.82) is 0 Å². The predicted octanol–water partition coefficient (Wildman–Crippen LogP) is 1.63. The second-order valence-corrected chi connectivity index (χ2v) is 6.30. The molecule has 3 rings (SSSR count). The molecular formula is C17H23N5O3. The van der Waals surface area contributed by atoms with Crippen LogP contribution in [-0.2, 0) is 26.6 Å². The van der Waals surface area contributed by atoms with Crippen LogP contribution in [0.1, 0.15) is 37.6 Å². The topological polar surface area (TPSA) is 87.8 Å². The van der Waals surface area contributed by atoms with Gasteiger partial charge in [0.2, 0.25) is 0 Å². The zero-order chi connectivity index (χ0) is 18.0. The van der Waals surface area contributed by atoms with Crippen molar-refractivity contribution in [3.8, 4) is 0 Å². The Balaban J connectivity index is 1.81. The Morgan fingerprint density at radius 2 is 2.00 bits per heavy atom. The Morgan fingerprint density at radius 1 is 1.20 bits per heavy atom. The minimum Gasteiger partial charge on any atom is -0.361 e. The summed E-state index contributed by atoms with van der Waals surface area (Å²) in [7, 11) is 1.65. The van der Waals surface area contributed by atoms with E-state index in [2.05, 4.69) is 10.1 Å². The van der Waals surface area contributed by atoms with Crippen LogP contribution in [0.3, 0.4) is 0 Å². The summed E-state index contributed by atoms with van der Waals surface area (Å²) in [6.45, 7) is 5.00. The fourth-order valence-electron chi connectivity index (χ4n) is 3.03. The molecule has 0 amide bonds. The SMILES string of the molecule is CCCn1cnc2c1c(=O)n(CCCCc1cc(C)no1)c(=O)n2C. The lowest BCUT2D eigenvalue weighted by Gasteiger charge is -2.09. The number of rotatable bonds is 7. The Hall–Kier alpha value is -2.64. The average Bonchev–Trinajstić information content (AvgIpc) is 3.19. The summed E-state index contributed by atoms with van der Waals surface area (Å²) >= 11 is 0. The lowest BCUT2D eigenvalue weighted by atomic mass is 10.2. The fraction of sp³-hybridized carbons (Fsp3) is 0.529. The van der Waals surface area contributed by atoms with Crippen molar-refractivity contribution < 1.29 is 4.52 Å². The number of fused-ring (bicyclic) bond motifs is 1. The van der Waals surface area contributed by atoms with E-state index in [4.69, 9.17) is 4.52 Å². The van der Waals surface area contributed by atoms with Gasteiger partial charge in [0, 0.05) is 32.6 Å². The smallest absolute Gasteiger partial charge is 0.332 e. The van der Waals surface area contributed by atoms with Crippen LogP contribution in [0.5, 0.6) is 0 Å². The van der Waals surface area contributed by atoms with Crippen LogP contribution < -0.4 is 11.2 Å². The first-order valence-corrected chi connectivity index (χ1v) is 8.59. The van der Waals surface area contributed by atoms with Gasteiger partial charge in [0.25, 0.3) is 5.56 Å². The standard InChI is InChI=1S/C17H23N5O3/c1-4-8-21-11-18-15-14(21)16(23)22(17(24)20(15)3)9-6-5-7-13-10-12(2)19-25-13/h10-11H,4-9H2,1-3H3. The zero-order valence-electron chi connectivity index (χ0n) is 14.9. The molecule has 0 fully saturated rings. The minimum atomic E-state index is -0.324. The highest BCUT2D eigenvalue weighted by molar-refractivity contribution is 5.69. The molecule has 8 heteroatoms. The summed E-state index contributed by atoms with van der Waals surface area (Å²) in [5, 5.41) is 3.86. The van der Waals surface area contributed by atoms with Gasteiger partial charge < -0.3 is 9.09 Å². The number of aromatic nitrogens is 5. The molecule has 8 nitrogen and oxygen atoms in total. The van der Waals surface area contributed by atoms with E-state index in [0.717, 1.165) is 30.7 Å². The Morgan fingerprint density at radius 3 is 2.68 bits per heavy atom. The monoisotopic (exact) mass is 345 g/mol. The molecule has 0 bridgehead atoms. The summed E-state index contributed by atoms with van der Waals surface area (Å²) in [5.74, 6) is 0.828. The summed E-state index contributed by atoms with van der Waals surface area (Å²) in [5.41, 5.74) is 1.20. The molecule has 3 heterocycles. The third-order valence-electron chi connectivity index (χ3n) is 4.30. The lowest BCUT2D eigenvalue weighted by Crippen LogP contribution is -2.39. The molecule has 0 aliphatic heterocycles. The van der Waals surface area contributed by atoms with Crippen LogP contribution in [-0.4, -0.2) is 23.8 Å². The largest absolute Gasteiger partial charge is 0.361 e. The predicted molar refractivity (Wildman–Crippen MR) is 93.7 cm³/mol. The van der Waals surface area contributed by atoms with Gasteiger partial charge in [-0.2, -0.15) is 0 Å². The minimum absolute atomic E-state index is 0.264. The maximum atomic E-state index is 12.8. The molecule has 0 radical (unpaired) electrons.